The zero-order chi connectivity index (χ0) is 14.2. The average molecular weight is 338 g/mol. The molecule has 0 saturated carbocycles. The van der Waals surface area contributed by atoms with Crippen molar-refractivity contribution in [3.05, 3.63) is 34.9 Å². The maximum absolute atomic E-state index is 4.98. The Morgan fingerprint density at radius 2 is 2.15 bits per heavy atom. The van der Waals surface area contributed by atoms with Crippen LogP contribution < -0.4 is 10.6 Å². The molecule has 6 nitrogen and oxygen atoms in total. The van der Waals surface area contributed by atoms with Crippen LogP contribution in [0, 0.1) is 0 Å². The van der Waals surface area contributed by atoms with Crippen molar-refractivity contribution in [2.45, 2.75) is 6.42 Å². The number of rotatable bonds is 7. The first-order valence-electron chi connectivity index (χ1n) is 6.23. The van der Waals surface area contributed by atoms with E-state index in [1.54, 1.807) is 13.3 Å². The number of aromatic nitrogens is 3. The molecule has 0 fully saturated rings. The van der Waals surface area contributed by atoms with E-state index in [2.05, 4.69) is 41.7 Å². The van der Waals surface area contributed by atoms with E-state index >= 15 is 0 Å². The minimum atomic E-state index is 0.498. The lowest BCUT2D eigenvalue weighted by atomic mass is 10.3. The van der Waals surface area contributed by atoms with E-state index in [9.17, 15) is 0 Å². The van der Waals surface area contributed by atoms with Gasteiger partial charge in [0.25, 0.3) is 0 Å². The van der Waals surface area contributed by atoms with Crippen molar-refractivity contribution in [3.8, 4) is 0 Å². The van der Waals surface area contributed by atoms with Crippen molar-refractivity contribution >= 4 is 33.4 Å². The van der Waals surface area contributed by atoms with Crippen molar-refractivity contribution in [3.63, 3.8) is 0 Å². The molecule has 0 spiro atoms. The lowest BCUT2D eigenvalue weighted by Crippen LogP contribution is -2.09. The van der Waals surface area contributed by atoms with Crippen LogP contribution in [0.5, 0.6) is 0 Å². The van der Waals surface area contributed by atoms with Gasteiger partial charge in [0, 0.05) is 24.7 Å². The van der Waals surface area contributed by atoms with Crippen LogP contribution >= 0.6 is 15.9 Å². The number of nitrogens with one attached hydrogen (secondary N) is 2. The van der Waals surface area contributed by atoms with Crippen LogP contribution in [-0.4, -0.2) is 35.4 Å². The first-order valence-corrected chi connectivity index (χ1v) is 7.03. The molecule has 20 heavy (non-hydrogen) atoms. The third-order valence-corrected chi connectivity index (χ3v) is 3.20. The lowest BCUT2D eigenvalue weighted by molar-refractivity contribution is 0.197. The van der Waals surface area contributed by atoms with Crippen LogP contribution in [0.25, 0.3) is 0 Å². The van der Waals surface area contributed by atoms with Gasteiger partial charge >= 0.3 is 0 Å². The SMILES string of the molecule is COCCCNc1nncc(Nc2ccccc2Br)n1. The highest BCUT2D eigenvalue weighted by atomic mass is 79.9. The van der Waals surface area contributed by atoms with Crippen LogP contribution in [0.3, 0.4) is 0 Å². The predicted molar refractivity (Wildman–Crippen MR) is 82.2 cm³/mol. The molecular weight excluding hydrogens is 322 g/mol. The highest BCUT2D eigenvalue weighted by Crippen LogP contribution is 2.24. The second-order valence-electron chi connectivity index (χ2n) is 4.04. The minimum absolute atomic E-state index is 0.498. The van der Waals surface area contributed by atoms with Gasteiger partial charge in [-0.05, 0) is 34.5 Å². The van der Waals surface area contributed by atoms with E-state index < -0.39 is 0 Å². The van der Waals surface area contributed by atoms with E-state index in [-0.39, 0.29) is 0 Å². The van der Waals surface area contributed by atoms with E-state index in [1.807, 2.05) is 24.3 Å². The number of para-hydroxylation sites is 1. The topological polar surface area (TPSA) is 72.0 Å². The molecule has 0 amide bonds. The second-order valence-corrected chi connectivity index (χ2v) is 4.90. The molecular formula is C13H16BrN5O. The number of anilines is 3. The molecule has 1 aromatic heterocycles. The molecule has 1 aromatic carbocycles. The van der Waals surface area contributed by atoms with Gasteiger partial charge in [-0.25, -0.2) is 0 Å². The molecule has 0 atom stereocenters. The molecule has 106 valence electrons. The van der Waals surface area contributed by atoms with E-state index in [0.29, 0.717) is 18.4 Å². The average Bonchev–Trinajstić information content (AvgIpc) is 2.47. The molecule has 2 N–H and O–H groups in total. The molecule has 0 aliphatic heterocycles. The number of halogens is 1. The fraction of sp³-hybridized carbons (Fsp3) is 0.308. The maximum atomic E-state index is 4.98. The first kappa shape index (κ1) is 14.7. The van der Waals surface area contributed by atoms with Gasteiger partial charge in [0.15, 0.2) is 5.82 Å². The monoisotopic (exact) mass is 337 g/mol. The van der Waals surface area contributed by atoms with Gasteiger partial charge in [-0.2, -0.15) is 10.1 Å². The zero-order valence-corrected chi connectivity index (χ0v) is 12.7. The van der Waals surface area contributed by atoms with Crippen molar-refractivity contribution in [1.29, 1.82) is 0 Å². The first-order chi connectivity index (χ1) is 9.79. The van der Waals surface area contributed by atoms with Crippen LogP contribution in [-0.2, 0) is 4.74 Å². The van der Waals surface area contributed by atoms with Crippen molar-refractivity contribution in [2.75, 3.05) is 30.9 Å². The molecule has 2 aromatic rings. The number of hydrogen-bond acceptors (Lipinski definition) is 6. The van der Waals surface area contributed by atoms with Gasteiger partial charge in [-0.1, -0.05) is 12.1 Å². The summed E-state index contributed by atoms with van der Waals surface area (Å²) < 4.78 is 5.95. The molecule has 2 rings (SSSR count). The standard InChI is InChI=1S/C13H16BrN5O/c1-20-8-4-7-15-13-18-12(9-16-19-13)17-11-6-3-2-5-10(11)14/h2-3,5-6,9H,4,7-8H2,1H3,(H2,15,17,18,19). The Balaban J connectivity index is 1.97. The number of hydrogen-bond donors (Lipinski definition) is 2. The van der Waals surface area contributed by atoms with Gasteiger partial charge in [-0.3, -0.25) is 0 Å². The van der Waals surface area contributed by atoms with Crippen LogP contribution in [0.1, 0.15) is 6.42 Å². The summed E-state index contributed by atoms with van der Waals surface area (Å²) in [5, 5.41) is 14.2. The van der Waals surface area contributed by atoms with Crippen LogP contribution in [0.4, 0.5) is 17.5 Å². The number of nitrogens with zero attached hydrogens (tertiary/aromatic N) is 3. The Bertz CT molecular complexity index is 552. The summed E-state index contributed by atoms with van der Waals surface area (Å²) in [5.41, 5.74) is 0.929. The quantitative estimate of drug-likeness (QED) is 0.757. The third-order valence-electron chi connectivity index (χ3n) is 2.50. The highest BCUT2D eigenvalue weighted by molar-refractivity contribution is 9.10. The summed E-state index contributed by atoms with van der Waals surface area (Å²) in [4.78, 5) is 4.35. The minimum Gasteiger partial charge on any atom is -0.385 e. The van der Waals surface area contributed by atoms with Gasteiger partial charge in [0.1, 0.15) is 0 Å². The molecule has 7 heteroatoms. The van der Waals surface area contributed by atoms with E-state index in [0.717, 1.165) is 23.1 Å². The van der Waals surface area contributed by atoms with Gasteiger partial charge < -0.3 is 15.4 Å². The Morgan fingerprint density at radius 1 is 1.30 bits per heavy atom. The van der Waals surface area contributed by atoms with Crippen molar-refractivity contribution < 1.29 is 4.74 Å². The fourth-order valence-electron chi connectivity index (χ4n) is 1.56. The van der Waals surface area contributed by atoms with Gasteiger partial charge in [-0.15, -0.1) is 5.10 Å². The molecule has 0 unspecified atom stereocenters. The van der Waals surface area contributed by atoms with Gasteiger partial charge in [0.2, 0.25) is 5.95 Å². The Kier molecular flexibility index (Phi) is 5.69. The summed E-state index contributed by atoms with van der Waals surface area (Å²) in [6.07, 6.45) is 2.47. The summed E-state index contributed by atoms with van der Waals surface area (Å²) in [6, 6.07) is 7.82. The van der Waals surface area contributed by atoms with Gasteiger partial charge in [0.05, 0.1) is 11.9 Å². The largest absolute Gasteiger partial charge is 0.385 e. The Morgan fingerprint density at radius 3 is 2.95 bits per heavy atom. The third kappa shape index (κ3) is 4.43. The predicted octanol–water partition coefficient (Wildman–Crippen LogP) is 2.83. The van der Waals surface area contributed by atoms with Crippen molar-refractivity contribution in [2.24, 2.45) is 0 Å². The summed E-state index contributed by atoms with van der Waals surface area (Å²) >= 11 is 3.48. The normalized spacial score (nSPS) is 10.3. The molecule has 0 bridgehead atoms. The van der Waals surface area contributed by atoms with Crippen LogP contribution in [0.2, 0.25) is 0 Å². The zero-order valence-electron chi connectivity index (χ0n) is 11.1. The fourth-order valence-corrected chi connectivity index (χ4v) is 1.94. The van der Waals surface area contributed by atoms with E-state index in [4.69, 9.17) is 4.74 Å². The Labute approximate surface area is 126 Å². The summed E-state index contributed by atoms with van der Waals surface area (Å²) in [7, 11) is 1.68. The number of ether oxygens (including phenoxy) is 1. The van der Waals surface area contributed by atoms with Crippen LogP contribution in [0.15, 0.2) is 34.9 Å². The molecule has 0 aliphatic rings. The van der Waals surface area contributed by atoms with Crippen molar-refractivity contribution in [1.82, 2.24) is 15.2 Å². The molecule has 0 radical (unpaired) electrons. The number of benzene rings is 1. The maximum Gasteiger partial charge on any atom is 0.244 e. The molecule has 0 saturated heterocycles. The second kappa shape index (κ2) is 7.76. The Hall–Kier alpha value is -1.73. The summed E-state index contributed by atoms with van der Waals surface area (Å²) in [6.45, 7) is 1.45. The lowest BCUT2D eigenvalue weighted by Gasteiger charge is -2.08. The van der Waals surface area contributed by atoms with E-state index in [1.165, 1.54) is 0 Å². The molecule has 1 heterocycles. The molecule has 0 aliphatic carbocycles. The highest BCUT2D eigenvalue weighted by Gasteiger charge is 2.03. The summed E-state index contributed by atoms with van der Waals surface area (Å²) in [5.74, 6) is 1.14. The smallest absolute Gasteiger partial charge is 0.244 e. The number of methoxy groups -OCH3 is 1.